The smallest absolute Gasteiger partial charge is 0.0768 e. The molecule has 26 valence electrons. The maximum absolute atomic E-state index is 2.00. The van der Waals surface area contributed by atoms with Gasteiger partial charge in [-0.2, -0.15) is 0 Å². The van der Waals surface area contributed by atoms with E-state index in [9.17, 15) is 0 Å². The minimum Gasteiger partial charge on any atom is -0.358 e. The summed E-state index contributed by atoms with van der Waals surface area (Å²) < 4.78 is 0. The molecular weight excluding hydrogens is 48.0 g/mol. The lowest BCUT2D eigenvalue weighted by Crippen LogP contribution is -1.30. The largest absolute Gasteiger partial charge is 0.358 e. The second kappa shape index (κ2) is 13.3. The Labute approximate surface area is 28.8 Å². The summed E-state index contributed by atoms with van der Waals surface area (Å²) in [6.07, 6.45) is 2.00. The molecular formula is C4H10. The molecule has 0 saturated heterocycles. The highest BCUT2D eigenvalue weighted by Crippen LogP contribution is 1.53. The molecule has 0 aliphatic heterocycles. The first-order valence-corrected chi connectivity index (χ1v) is 1.15. The van der Waals surface area contributed by atoms with Gasteiger partial charge in [0.25, 0.3) is 0 Å². The molecule has 0 spiro atoms. The van der Waals surface area contributed by atoms with Gasteiger partial charge in [0.2, 0.25) is 0 Å². The van der Waals surface area contributed by atoms with Crippen LogP contribution in [0.3, 0.4) is 0 Å². The maximum Gasteiger partial charge on any atom is 0.0768 e. The summed E-state index contributed by atoms with van der Waals surface area (Å²) in [7, 11) is 0. The molecule has 0 heteroatoms. The second-order valence-electron chi connectivity index (χ2n) is 0.577. The summed E-state index contributed by atoms with van der Waals surface area (Å²) in [5.41, 5.74) is 0. The van der Waals surface area contributed by atoms with Crippen molar-refractivity contribution in [3.8, 4) is 0 Å². The van der Waals surface area contributed by atoms with Gasteiger partial charge in [0.15, 0.2) is 0 Å². The SMILES string of the molecule is C[CH+]C.[CH3-]. The normalized spacial score (nSPS) is 3.50. The van der Waals surface area contributed by atoms with Crippen LogP contribution in [0.15, 0.2) is 0 Å². The fourth-order valence-corrected chi connectivity index (χ4v) is 0. The summed E-state index contributed by atoms with van der Waals surface area (Å²) in [5, 5.41) is 0. The van der Waals surface area contributed by atoms with Crippen LogP contribution in [-0.4, -0.2) is 0 Å². The predicted molar refractivity (Wildman–Crippen MR) is 22.1 cm³/mol. The van der Waals surface area contributed by atoms with Gasteiger partial charge in [-0.25, -0.2) is 0 Å². The average molecular weight is 58.1 g/mol. The van der Waals surface area contributed by atoms with Crippen molar-refractivity contribution in [1.29, 1.82) is 0 Å². The van der Waals surface area contributed by atoms with Crippen molar-refractivity contribution < 1.29 is 0 Å². The summed E-state index contributed by atoms with van der Waals surface area (Å²) in [6.45, 7) is 4.00. The molecule has 0 N–H and O–H groups in total. The van der Waals surface area contributed by atoms with Crippen molar-refractivity contribution >= 4 is 0 Å². The third kappa shape index (κ3) is 83.8. The van der Waals surface area contributed by atoms with E-state index in [1.54, 1.807) is 0 Å². The predicted octanol–water partition coefficient (Wildman–Crippen LogP) is 1.68. The van der Waals surface area contributed by atoms with E-state index in [1.807, 2.05) is 20.3 Å². The molecule has 0 saturated carbocycles. The molecule has 0 amide bonds. The highest BCUT2D eigenvalue weighted by atomic mass is 13.4. The lowest BCUT2D eigenvalue weighted by atomic mass is 10.6. The molecule has 0 aliphatic carbocycles. The van der Waals surface area contributed by atoms with Crippen molar-refractivity contribution in [3.63, 3.8) is 0 Å². The van der Waals surface area contributed by atoms with E-state index in [-0.39, 0.29) is 7.43 Å². The van der Waals surface area contributed by atoms with Crippen LogP contribution in [0.4, 0.5) is 0 Å². The van der Waals surface area contributed by atoms with Crippen LogP contribution >= 0.6 is 0 Å². The van der Waals surface area contributed by atoms with Gasteiger partial charge in [-0.1, -0.05) is 0 Å². The maximum atomic E-state index is 2.00. The third-order valence-electron chi connectivity index (χ3n) is 0. The van der Waals surface area contributed by atoms with E-state index < -0.39 is 0 Å². The number of hydrogen-bond donors (Lipinski definition) is 0. The van der Waals surface area contributed by atoms with E-state index in [2.05, 4.69) is 0 Å². The first-order valence-electron chi connectivity index (χ1n) is 1.15. The van der Waals surface area contributed by atoms with Crippen LogP contribution in [0.25, 0.3) is 0 Å². The number of hydrogen-bond acceptors (Lipinski definition) is 0. The van der Waals surface area contributed by atoms with Crippen molar-refractivity contribution in [2.75, 3.05) is 0 Å². The summed E-state index contributed by atoms with van der Waals surface area (Å²) >= 11 is 0. The van der Waals surface area contributed by atoms with Gasteiger partial charge in [0.1, 0.15) is 0 Å². The molecule has 0 rings (SSSR count). The van der Waals surface area contributed by atoms with E-state index in [4.69, 9.17) is 0 Å². The monoisotopic (exact) mass is 58.1 g/mol. The summed E-state index contributed by atoms with van der Waals surface area (Å²) in [5.74, 6) is 0. The Morgan fingerprint density at radius 2 is 1.25 bits per heavy atom. The van der Waals surface area contributed by atoms with E-state index in [0.29, 0.717) is 0 Å². The molecule has 0 aliphatic rings. The Morgan fingerprint density at radius 3 is 1.25 bits per heavy atom. The lowest BCUT2D eigenvalue weighted by molar-refractivity contribution is 1.41. The van der Waals surface area contributed by atoms with Crippen LogP contribution < -0.4 is 0 Å². The van der Waals surface area contributed by atoms with Crippen molar-refractivity contribution in [2.24, 2.45) is 0 Å². The molecule has 0 aromatic rings. The minimum absolute atomic E-state index is 0. The Hall–Kier alpha value is -0.130. The van der Waals surface area contributed by atoms with Gasteiger partial charge in [0, 0.05) is 0 Å². The molecule has 0 bridgehead atoms. The van der Waals surface area contributed by atoms with Crippen molar-refractivity contribution in [3.05, 3.63) is 13.8 Å². The first-order chi connectivity index (χ1) is 1.41. The molecule has 4 heavy (non-hydrogen) atoms. The third-order valence-corrected chi connectivity index (χ3v) is 0. The van der Waals surface area contributed by atoms with Crippen LogP contribution in [0, 0.1) is 13.8 Å². The van der Waals surface area contributed by atoms with Gasteiger partial charge in [-0.3, -0.25) is 0 Å². The highest BCUT2D eigenvalue weighted by Gasteiger charge is 1.49. The average Bonchev–Trinajstić information content (AvgIpc) is 0.918. The fourth-order valence-electron chi connectivity index (χ4n) is 0. The van der Waals surface area contributed by atoms with Gasteiger partial charge in [0.05, 0.1) is 20.3 Å². The molecule has 0 heterocycles. The highest BCUT2D eigenvalue weighted by molar-refractivity contribution is 4.34. The van der Waals surface area contributed by atoms with Gasteiger partial charge >= 0.3 is 0 Å². The quantitative estimate of drug-likeness (QED) is 0.372. The van der Waals surface area contributed by atoms with Gasteiger partial charge in [-0.15, -0.1) is 0 Å². The summed E-state index contributed by atoms with van der Waals surface area (Å²) in [4.78, 5) is 0. The zero-order valence-corrected chi connectivity index (χ0v) is 3.58. The molecule has 0 nitrogen and oxygen atoms in total. The topological polar surface area (TPSA) is 0 Å². The summed E-state index contributed by atoms with van der Waals surface area (Å²) in [6, 6.07) is 0. The van der Waals surface area contributed by atoms with Gasteiger partial charge < -0.3 is 7.43 Å². The molecule has 0 fully saturated rings. The van der Waals surface area contributed by atoms with E-state index in [1.165, 1.54) is 0 Å². The minimum atomic E-state index is 0. The Balaban J connectivity index is 0. The van der Waals surface area contributed by atoms with Crippen LogP contribution in [0.1, 0.15) is 13.8 Å². The first kappa shape index (κ1) is 9.12. The molecule has 0 radical (unpaired) electrons. The Morgan fingerprint density at radius 1 is 1.25 bits per heavy atom. The fraction of sp³-hybridized carbons (Fsp3) is 0.500. The van der Waals surface area contributed by atoms with Crippen molar-refractivity contribution in [1.82, 2.24) is 0 Å². The van der Waals surface area contributed by atoms with E-state index in [0.717, 1.165) is 0 Å². The van der Waals surface area contributed by atoms with Crippen LogP contribution in [0.2, 0.25) is 0 Å². The van der Waals surface area contributed by atoms with Crippen molar-refractivity contribution in [2.45, 2.75) is 13.8 Å². The zero-order chi connectivity index (χ0) is 2.71. The molecule has 0 aromatic heterocycles. The molecule has 0 atom stereocenters. The zero-order valence-electron chi connectivity index (χ0n) is 3.58. The van der Waals surface area contributed by atoms with Crippen LogP contribution in [0.5, 0.6) is 0 Å². The standard InChI is InChI=1S/C3H7.CH3/c1-3-2;/h3H,1-2H3;1H3/q+1;-1. The molecule has 0 aromatic carbocycles. The Kier molecular flexibility index (Phi) is 30.2. The molecule has 0 unspecified atom stereocenters. The van der Waals surface area contributed by atoms with Crippen LogP contribution in [-0.2, 0) is 0 Å². The lowest BCUT2D eigenvalue weighted by Gasteiger charge is -1.34. The van der Waals surface area contributed by atoms with Gasteiger partial charge in [-0.05, 0) is 0 Å². The second-order valence-corrected chi connectivity index (χ2v) is 0.577. The van der Waals surface area contributed by atoms with E-state index >= 15 is 0 Å². The number of rotatable bonds is 0. The Bertz CT molecular complexity index is 0.